The molecule has 1 aromatic carbocycles. The van der Waals surface area contributed by atoms with Crippen LogP contribution in [0.25, 0.3) is 0 Å². The number of benzene rings is 1. The van der Waals surface area contributed by atoms with E-state index in [9.17, 15) is 14.4 Å². The Labute approximate surface area is 201 Å². The summed E-state index contributed by atoms with van der Waals surface area (Å²) >= 11 is 6.04. The van der Waals surface area contributed by atoms with Gasteiger partial charge in [0, 0.05) is 18.1 Å². The molecule has 0 aromatic heterocycles. The van der Waals surface area contributed by atoms with Crippen LogP contribution in [-0.4, -0.2) is 54.2 Å². The number of piperidine rings is 1. The molecule has 0 spiro atoms. The summed E-state index contributed by atoms with van der Waals surface area (Å²) in [5, 5.41) is 6.05. The lowest BCUT2D eigenvalue weighted by atomic mass is 9.70. The molecule has 33 heavy (non-hydrogen) atoms. The number of esters is 1. The molecule has 4 N–H and O–H groups in total. The standard InChI is InChI=1S/C24H37ClN4O4/c1-15(2)20(27-22(32)28-24(5,6)33-19(30)13-26)21(31)29-12-11-18(23(3,4)14-29)16-7-9-17(25)10-8-16/h7-10,15,18,20H,11-14,26H2,1-6H3,(H2,27,28,32). The Hall–Kier alpha value is -2.32. The van der Waals surface area contributed by atoms with E-state index in [0.29, 0.717) is 24.0 Å². The zero-order chi connectivity index (χ0) is 25.0. The van der Waals surface area contributed by atoms with Gasteiger partial charge in [-0.2, -0.15) is 0 Å². The van der Waals surface area contributed by atoms with Crippen molar-refractivity contribution in [2.45, 2.75) is 65.6 Å². The Morgan fingerprint density at radius 3 is 2.36 bits per heavy atom. The van der Waals surface area contributed by atoms with Gasteiger partial charge >= 0.3 is 12.0 Å². The van der Waals surface area contributed by atoms with Crippen LogP contribution in [-0.2, 0) is 14.3 Å². The van der Waals surface area contributed by atoms with Gasteiger partial charge in [-0.25, -0.2) is 4.79 Å². The van der Waals surface area contributed by atoms with Crippen molar-refractivity contribution in [2.75, 3.05) is 19.6 Å². The molecule has 1 heterocycles. The first-order chi connectivity index (χ1) is 15.3. The van der Waals surface area contributed by atoms with E-state index in [1.165, 1.54) is 19.4 Å². The Morgan fingerprint density at radius 2 is 1.85 bits per heavy atom. The average Bonchev–Trinajstić information content (AvgIpc) is 2.70. The van der Waals surface area contributed by atoms with Gasteiger partial charge in [0.15, 0.2) is 5.72 Å². The van der Waals surface area contributed by atoms with Gasteiger partial charge in [-0.3, -0.25) is 9.59 Å². The van der Waals surface area contributed by atoms with Gasteiger partial charge in [0.2, 0.25) is 5.91 Å². The fourth-order valence-corrected chi connectivity index (χ4v) is 4.50. The Balaban J connectivity index is 2.06. The quantitative estimate of drug-likeness (QED) is 0.409. The van der Waals surface area contributed by atoms with E-state index in [0.717, 1.165) is 6.42 Å². The van der Waals surface area contributed by atoms with E-state index in [1.54, 1.807) is 0 Å². The maximum Gasteiger partial charge on any atom is 0.321 e. The smallest absolute Gasteiger partial charge is 0.321 e. The number of rotatable bonds is 7. The summed E-state index contributed by atoms with van der Waals surface area (Å²) in [6, 6.07) is 6.59. The van der Waals surface area contributed by atoms with Crippen LogP contribution >= 0.6 is 11.6 Å². The largest absolute Gasteiger partial charge is 0.439 e. The number of ether oxygens (including phenoxy) is 1. The number of nitrogens with one attached hydrogen (secondary N) is 2. The molecule has 8 nitrogen and oxygen atoms in total. The fraction of sp³-hybridized carbons (Fsp3) is 0.625. The number of nitrogens with two attached hydrogens (primary N) is 1. The lowest BCUT2D eigenvalue weighted by Crippen LogP contribution is -2.59. The number of amides is 3. The van der Waals surface area contributed by atoms with E-state index >= 15 is 0 Å². The molecule has 0 bridgehead atoms. The Kier molecular flexibility index (Phi) is 8.76. The topological polar surface area (TPSA) is 114 Å². The monoisotopic (exact) mass is 480 g/mol. The van der Waals surface area contributed by atoms with Crippen LogP contribution in [0.3, 0.4) is 0 Å². The average molecular weight is 481 g/mol. The molecule has 1 aliphatic heterocycles. The van der Waals surface area contributed by atoms with Gasteiger partial charge < -0.3 is 26.0 Å². The maximum atomic E-state index is 13.4. The molecule has 2 rings (SSSR count). The SMILES string of the molecule is CC(C)C(NC(=O)NC(C)(C)OC(=O)CN)C(=O)N1CCC(c2ccc(Cl)cc2)C(C)(C)C1. The van der Waals surface area contributed by atoms with Crippen molar-refractivity contribution in [2.24, 2.45) is 17.1 Å². The van der Waals surface area contributed by atoms with Gasteiger partial charge in [0.05, 0.1) is 6.54 Å². The second-order valence-electron chi connectivity index (χ2n) is 10.1. The summed E-state index contributed by atoms with van der Waals surface area (Å²) in [7, 11) is 0. The first kappa shape index (κ1) is 26.9. The maximum absolute atomic E-state index is 13.4. The number of nitrogens with zero attached hydrogens (tertiary/aromatic N) is 1. The number of urea groups is 1. The predicted molar refractivity (Wildman–Crippen MR) is 129 cm³/mol. The zero-order valence-electron chi connectivity index (χ0n) is 20.4. The van der Waals surface area contributed by atoms with Crippen molar-refractivity contribution >= 4 is 29.5 Å². The minimum absolute atomic E-state index is 0.125. The molecule has 1 saturated heterocycles. The first-order valence-corrected chi connectivity index (χ1v) is 11.7. The van der Waals surface area contributed by atoms with Gasteiger partial charge in [-0.15, -0.1) is 0 Å². The minimum Gasteiger partial charge on any atom is -0.439 e. The van der Waals surface area contributed by atoms with Crippen molar-refractivity contribution < 1.29 is 19.1 Å². The zero-order valence-corrected chi connectivity index (χ0v) is 21.2. The Morgan fingerprint density at radius 1 is 1.24 bits per heavy atom. The number of hydrogen-bond acceptors (Lipinski definition) is 5. The van der Waals surface area contributed by atoms with Crippen LogP contribution in [0.15, 0.2) is 24.3 Å². The van der Waals surface area contributed by atoms with Crippen LogP contribution in [0.5, 0.6) is 0 Å². The summed E-state index contributed by atoms with van der Waals surface area (Å²) in [6.07, 6.45) is 0.819. The third-order valence-corrected chi connectivity index (χ3v) is 6.23. The number of hydrogen-bond donors (Lipinski definition) is 3. The summed E-state index contributed by atoms with van der Waals surface area (Å²) in [6.45, 7) is 12.0. The highest BCUT2D eigenvalue weighted by molar-refractivity contribution is 6.30. The molecule has 184 valence electrons. The van der Waals surface area contributed by atoms with E-state index in [2.05, 4.69) is 24.5 Å². The normalized spacial score (nSPS) is 19.1. The highest BCUT2D eigenvalue weighted by Gasteiger charge is 2.40. The molecule has 3 amide bonds. The van der Waals surface area contributed by atoms with Gasteiger partial charge in [0.1, 0.15) is 6.04 Å². The van der Waals surface area contributed by atoms with Crippen LogP contribution in [0.2, 0.25) is 5.02 Å². The molecule has 1 aromatic rings. The summed E-state index contributed by atoms with van der Waals surface area (Å²) in [4.78, 5) is 39.3. The van der Waals surface area contributed by atoms with Crippen LogP contribution in [0.1, 0.15) is 59.4 Å². The molecule has 0 aliphatic carbocycles. The molecule has 0 saturated carbocycles. The molecular formula is C24H37ClN4O4. The molecule has 9 heteroatoms. The number of halogens is 1. The lowest BCUT2D eigenvalue weighted by molar-refractivity contribution is -0.156. The first-order valence-electron chi connectivity index (χ1n) is 11.3. The minimum atomic E-state index is -1.26. The number of carbonyl (C=O) groups excluding carboxylic acids is 3. The van der Waals surface area contributed by atoms with Gasteiger partial charge in [-0.05, 0) is 55.2 Å². The van der Waals surface area contributed by atoms with E-state index in [1.807, 2.05) is 43.0 Å². The van der Waals surface area contributed by atoms with Crippen molar-refractivity contribution in [1.29, 1.82) is 0 Å². The lowest BCUT2D eigenvalue weighted by Gasteiger charge is -2.45. The van der Waals surface area contributed by atoms with Crippen LogP contribution < -0.4 is 16.4 Å². The second-order valence-corrected chi connectivity index (χ2v) is 10.6. The summed E-state index contributed by atoms with van der Waals surface area (Å²) in [5.41, 5.74) is 5.07. The fourth-order valence-electron chi connectivity index (χ4n) is 4.37. The van der Waals surface area contributed by atoms with Crippen LogP contribution in [0, 0.1) is 11.3 Å². The summed E-state index contributed by atoms with van der Waals surface area (Å²) < 4.78 is 5.13. The van der Waals surface area contributed by atoms with E-state index < -0.39 is 23.8 Å². The molecule has 2 unspecified atom stereocenters. The molecule has 2 atom stereocenters. The molecular weight excluding hydrogens is 444 g/mol. The Bertz CT molecular complexity index is 855. The van der Waals surface area contributed by atoms with Crippen LogP contribution in [0.4, 0.5) is 4.79 Å². The van der Waals surface area contributed by atoms with Crippen molar-refractivity contribution in [3.8, 4) is 0 Å². The van der Waals surface area contributed by atoms with E-state index in [-0.39, 0.29) is 23.8 Å². The highest BCUT2D eigenvalue weighted by Crippen LogP contribution is 2.42. The second kappa shape index (κ2) is 10.7. The molecule has 1 fully saturated rings. The van der Waals surface area contributed by atoms with Crippen molar-refractivity contribution in [3.05, 3.63) is 34.9 Å². The molecule has 1 aliphatic rings. The van der Waals surface area contributed by atoms with Gasteiger partial charge in [0.25, 0.3) is 0 Å². The van der Waals surface area contributed by atoms with Gasteiger partial charge in [-0.1, -0.05) is 51.4 Å². The number of likely N-dealkylation sites (tertiary alicyclic amines) is 1. The number of carbonyl (C=O) groups is 3. The molecule has 0 radical (unpaired) electrons. The third kappa shape index (κ3) is 7.33. The highest BCUT2D eigenvalue weighted by atomic mass is 35.5. The van der Waals surface area contributed by atoms with E-state index in [4.69, 9.17) is 22.1 Å². The predicted octanol–water partition coefficient (Wildman–Crippen LogP) is 3.24. The van der Waals surface area contributed by atoms with Crippen molar-refractivity contribution in [3.63, 3.8) is 0 Å². The van der Waals surface area contributed by atoms with Crippen molar-refractivity contribution in [1.82, 2.24) is 15.5 Å². The third-order valence-electron chi connectivity index (χ3n) is 5.98. The summed E-state index contributed by atoms with van der Waals surface area (Å²) in [5.74, 6) is -0.595.